The van der Waals surface area contributed by atoms with Crippen molar-refractivity contribution in [2.75, 3.05) is 0 Å². The fourth-order valence-electron chi connectivity index (χ4n) is 1.52. The molecule has 1 heterocycles. The van der Waals surface area contributed by atoms with Crippen LogP contribution in [-0.4, -0.2) is 22.2 Å². The molecule has 2 aromatic rings. The van der Waals surface area contributed by atoms with Crippen LogP contribution in [0.2, 0.25) is 0 Å². The largest absolute Gasteiger partial charge is 0.479 e. The van der Waals surface area contributed by atoms with Gasteiger partial charge < -0.3 is 9.84 Å². The molecule has 0 saturated heterocycles. The van der Waals surface area contributed by atoms with Crippen molar-refractivity contribution < 1.29 is 14.6 Å². The highest BCUT2D eigenvalue weighted by molar-refractivity contribution is 5.72. The lowest BCUT2D eigenvalue weighted by Crippen LogP contribution is -2.22. The molecule has 1 unspecified atom stereocenters. The molecule has 92 valence electrons. The van der Waals surface area contributed by atoms with Gasteiger partial charge in [-0.2, -0.15) is 0 Å². The minimum Gasteiger partial charge on any atom is -0.479 e. The van der Waals surface area contributed by atoms with Crippen LogP contribution in [0, 0.1) is 0 Å². The summed E-state index contributed by atoms with van der Waals surface area (Å²) < 4.78 is 5.25. The van der Waals surface area contributed by atoms with E-state index in [1.54, 1.807) is 24.5 Å². The summed E-state index contributed by atoms with van der Waals surface area (Å²) in [6.45, 7) is 1.50. The summed E-state index contributed by atoms with van der Waals surface area (Å²) in [7, 11) is 0. The Hall–Kier alpha value is -2.36. The highest BCUT2D eigenvalue weighted by Gasteiger charge is 2.11. The Morgan fingerprint density at radius 3 is 2.22 bits per heavy atom. The van der Waals surface area contributed by atoms with Crippen molar-refractivity contribution in [3.05, 3.63) is 48.8 Å². The number of nitrogens with zero attached hydrogens (tertiary/aromatic N) is 1. The Kier molecular flexibility index (Phi) is 3.57. The number of aliphatic carboxylic acids is 1. The van der Waals surface area contributed by atoms with Crippen molar-refractivity contribution >= 4 is 5.97 Å². The molecule has 2 rings (SSSR count). The number of aromatic nitrogens is 1. The van der Waals surface area contributed by atoms with Crippen molar-refractivity contribution in [3.8, 4) is 16.9 Å². The molecule has 0 amide bonds. The van der Waals surface area contributed by atoms with Gasteiger partial charge in [-0.1, -0.05) is 12.1 Å². The Morgan fingerprint density at radius 1 is 1.11 bits per heavy atom. The van der Waals surface area contributed by atoms with E-state index in [1.807, 2.05) is 24.3 Å². The fraction of sp³-hybridized carbons (Fsp3) is 0.143. The lowest BCUT2D eigenvalue weighted by atomic mass is 10.1. The minimum absolute atomic E-state index is 0.544. The molecule has 0 fully saturated rings. The number of hydrogen-bond donors (Lipinski definition) is 1. The van der Waals surface area contributed by atoms with E-state index in [2.05, 4.69) is 4.98 Å². The second kappa shape index (κ2) is 5.31. The lowest BCUT2D eigenvalue weighted by molar-refractivity contribution is -0.144. The van der Waals surface area contributed by atoms with E-state index in [0.29, 0.717) is 5.75 Å². The number of carboxylic acids is 1. The Balaban J connectivity index is 2.13. The van der Waals surface area contributed by atoms with Crippen LogP contribution in [0.3, 0.4) is 0 Å². The number of rotatable bonds is 4. The SMILES string of the molecule is CC(Oc1ccc(-c2ccncc2)cc1)C(=O)O. The molecule has 1 atom stereocenters. The number of ether oxygens (including phenoxy) is 1. The minimum atomic E-state index is -0.979. The number of carbonyl (C=O) groups is 1. The van der Waals surface area contributed by atoms with Gasteiger partial charge in [0.15, 0.2) is 6.10 Å². The topological polar surface area (TPSA) is 59.4 Å². The molecule has 0 spiro atoms. The van der Waals surface area contributed by atoms with Crippen LogP contribution in [-0.2, 0) is 4.79 Å². The summed E-state index contributed by atoms with van der Waals surface area (Å²) in [5, 5.41) is 8.74. The first-order valence-corrected chi connectivity index (χ1v) is 5.57. The third-order valence-corrected chi connectivity index (χ3v) is 2.53. The smallest absolute Gasteiger partial charge is 0.344 e. The fourth-order valence-corrected chi connectivity index (χ4v) is 1.52. The zero-order valence-corrected chi connectivity index (χ0v) is 9.91. The van der Waals surface area contributed by atoms with Crippen LogP contribution in [0.5, 0.6) is 5.75 Å². The standard InChI is InChI=1S/C14H13NO3/c1-10(14(16)17)18-13-4-2-11(3-5-13)12-6-8-15-9-7-12/h2-10H,1H3,(H,16,17). The van der Waals surface area contributed by atoms with Crippen LogP contribution >= 0.6 is 0 Å². The number of carboxylic acid groups (broad SMARTS) is 1. The van der Waals surface area contributed by atoms with E-state index in [4.69, 9.17) is 9.84 Å². The lowest BCUT2D eigenvalue weighted by Gasteiger charge is -2.10. The van der Waals surface area contributed by atoms with Gasteiger partial charge in [0, 0.05) is 12.4 Å². The summed E-state index contributed by atoms with van der Waals surface area (Å²) >= 11 is 0. The monoisotopic (exact) mass is 243 g/mol. The first-order valence-electron chi connectivity index (χ1n) is 5.57. The summed E-state index contributed by atoms with van der Waals surface area (Å²) in [5.41, 5.74) is 2.09. The highest BCUT2D eigenvalue weighted by atomic mass is 16.5. The Bertz CT molecular complexity index is 522. The van der Waals surface area contributed by atoms with Gasteiger partial charge in [-0.15, -0.1) is 0 Å². The van der Waals surface area contributed by atoms with E-state index in [9.17, 15) is 4.79 Å². The molecule has 0 aliphatic heterocycles. The molecule has 1 N–H and O–H groups in total. The van der Waals surface area contributed by atoms with Gasteiger partial charge in [-0.25, -0.2) is 4.79 Å². The normalized spacial score (nSPS) is 11.8. The average Bonchev–Trinajstić information content (AvgIpc) is 2.40. The van der Waals surface area contributed by atoms with Crippen LogP contribution in [0.4, 0.5) is 0 Å². The first kappa shape index (κ1) is 12.1. The van der Waals surface area contributed by atoms with E-state index in [1.165, 1.54) is 6.92 Å². The second-order valence-corrected chi connectivity index (χ2v) is 3.86. The summed E-state index contributed by atoms with van der Waals surface area (Å²) in [6.07, 6.45) is 2.61. The quantitative estimate of drug-likeness (QED) is 0.896. The zero-order valence-electron chi connectivity index (χ0n) is 9.91. The maximum Gasteiger partial charge on any atom is 0.344 e. The number of benzene rings is 1. The van der Waals surface area contributed by atoms with Crippen LogP contribution in [0.15, 0.2) is 48.8 Å². The molecular formula is C14H13NO3. The van der Waals surface area contributed by atoms with E-state index < -0.39 is 12.1 Å². The van der Waals surface area contributed by atoms with Gasteiger partial charge in [0.1, 0.15) is 5.75 Å². The Morgan fingerprint density at radius 2 is 1.67 bits per heavy atom. The maximum absolute atomic E-state index is 10.7. The third kappa shape index (κ3) is 2.85. The van der Waals surface area contributed by atoms with Crippen molar-refractivity contribution in [2.45, 2.75) is 13.0 Å². The summed E-state index contributed by atoms with van der Waals surface area (Å²) in [4.78, 5) is 14.6. The molecular weight excluding hydrogens is 230 g/mol. The van der Waals surface area contributed by atoms with Gasteiger partial charge in [0.2, 0.25) is 0 Å². The van der Waals surface area contributed by atoms with Gasteiger partial charge in [-0.05, 0) is 42.3 Å². The molecule has 0 aliphatic rings. The van der Waals surface area contributed by atoms with Crippen LogP contribution in [0.1, 0.15) is 6.92 Å². The van der Waals surface area contributed by atoms with Crippen molar-refractivity contribution in [1.29, 1.82) is 0 Å². The van der Waals surface area contributed by atoms with Gasteiger partial charge in [0.25, 0.3) is 0 Å². The van der Waals surface area contributed by atoms with Crippen LogP contribution in [0.25, 0.3) is 11.1 Å². The molecule has 4 heteroatoms. The van der Waals surface area contributed by atoms with Gasteiger partial charge >= 0.3 is 5.97 Å². The van der Waals surface area contributed by atoms with Crippen molar-refractivity contribution in [2.24, 2.45) is 0 Å². The van der Waals surface area contributed by atoms with E-state index in [0.717, 1.165) is 11.1 Å². The molecule has 0 aliphatic carbocycles. The molecule has 1 aromatic heterocycles. The third-order valence-electron chi connectivity index (χ3n) is 2.53. The second-order valence-electron chi connectivity index (χ2n) is 3.86. The Labute approximate surface area is 105 Å². The first-order chi connectivity index (χ1) is 8.66. The highest BCUT2D eigenvalue weighted by Crippen LogP contribution is 2.22. The van der Waals surface area contributed by atoms with E-state index >= 15 is 0 Å². The predicted octanol–water partition coefficient (Wildman–Crippen LogP) is 2.60. The van der Waals surface area contributed by atoms with E-state index in [-0.39, 0.29) is 0 Å². The molecule has 18 heavy (non-hydrogen) atoms. The zero-order chi connectivity index (χ0) is 13.0. The molecule has 0 bridgehead atoms. The summed E-state index contributed by atoms with van der Waals surface area (Å²) in [6, 6.07) is 11.1. The van der Waals surface area contributed by atoms with Gasteiger partial charge in [0.05, 0.1) is 0 Å². The number of hydrogen-bond acceptors (Lipinski definition) is 3. The molecule has 4 nitrogen and oxygen atoms in total. The average molecular weight is 243 g/mol. The maximum atomic E-state index is 10.7. The van der Waals surface area contributed by atoms with Crippen molar-refractivity contribution in [1.82, 2.24) is 4.98 Å². The summed E-state index contributed by atoms with van der Waals surface area (Å²) in [5.74, 6) is -0.434. The predicted molar refractivity (Wildman–Crippen MR) is 67.4 cm³/mol. The van der Waals surface area contributed by atoms with Crippen LogP contribution < -0.4 is 4.74 Å². The van der Waals surface area contributed by atoms with Crippen molar-refractivity contribution in [3.63, 3.8) is 0 Å². The molecule has 1 aromatic carbocycles. The molecule has 0 saturated carbocycles. The molecule has 0 radical (unpaired) electrons. The number of pyridine rings is 1. The van der Waals surface area contributed by atoms with Gasteiger partial charge in [-0.3, -0.25) is 4.98 Å².